The molecule has 2 aliphatic rings. The van der Waals surface area contributed by atoms with Gasteiger partial charge in [-0.2, -0.15) is 0 Å². The van der Waals surface area contributed by atoms with E-state index in [-0.39, 0.29) is 50.6 Å². The van der Waals surface area contributed by atoms with E-state index in [1.54, 1.807) is 29.2 Å². The number of halogens is 1. The van der Waals surface area contributed by atoms with Crippen molar-refractivity contribution < 1.29 is 27.5 Å². The monoisotopic (exact) mass is 577 g/mol. The Kier molecular flexibility index (Phi) is 9.61. The normalized spacial score (nSPS) is 15.7. The van der Waals surface area contributed by atoms with Crippen LogP contribution in [-0.2, 0) is 26.2 Å². The summed E-state index contributed by atoms with van der Waals surface area (Å²) < 4.78 is 37.2. The molecule has 1 saturated carbocycles. The number of carbonyl (C=O) groups is 2. The van der Waals surface area contributed by atoms with Crippen molar-refractivity contribution in [1.82, 2.24) is 10.2 Å². The van der Waals surface area contributed by atoms with Crippen molar-refractivity contribution in [2.24, 2.45) is 0 Å². The van der Waals surface area contributed by atoms with Gasteiger partial charge in [0.1, 0.15) is 6.04 Å². The number of nitrogens with one attached hydrogen (secondary N) is 1. The van der Waals surface area contributed by atoms with E-state index >= 15 is 0 Å². The number of amides is 2. The molecule has 1 heterocycles. The summed E-state index contributed by atoms with van der Waals surface area (Å²) in [6.07, 6.45) is 5.97. The number of sulfonamides is 1. The molecule has 0 spiro atoms. The van der Waals surface area contributed by atoms with E-state index < -0.39 is 16.1 Å². The van der Waals surface area contributed by atoms with Gasteiger partial charge in [0.25, 0.3) is 0 Å². The van der Waals surface area contributed by atoms with Gasteiger partial charge in [0, 0.05) is 36.6 Å². The minimum absolute atomic E-state index is 0.0637. The molecule has 1 aliphatic carbocycles. The van der Waals surface area contributed by atoms with E-state index in [1.165, 1.54) is 4.31 Å². The Balaban J connectivity index is 1.49. The quantitative estimate of drug-likeness (QED) is 0.399. The van der Waals surface area contributed by atoms with Gasteiger partial charge in [-0.15, -0.1) is 0 Å². The van der Waals surface area contributed by atoms with Crippen LogP contribution in [0.5, 0.6) is 11.5 Å². The number of ether oxygens (including phenoxy) is 2. The molecular weight excluding hydrogens is 542 g/mol. The zero-order valence-electron chi connectivity index (χ0n) is 22.4. The second-order valence-electron chi connectivity index (χ2n) is 10.0. The number of benzene rings is 2. The van der Waals surface area contributed by atoms with Crippen molar-refractivity contribution in [3.05, 3.63) is 53.1 Å². The van der Waals surface area contributed by atoms with Gasteiger partial charge in [-0.3, -0.25) is 13.9 Å². The summed E-state index contributed by atoms with van der Waals surface area (Å²) in [5, 5.41) is 3.65. The van der Waals surface area contributed by atoms with Crippen LogP contribution in [0.1, 0.15) is 57.4 Å². The van der Waals surface area contributed by atoms with Crippen LogP contribution in [0.3, 0.4) is 0 Å². The summed E-state index contributed by atoms with van der Waals surface area (Å²) in [6.45, 7) is 2.25. The number of nitrogens with zero attached hydrogens (tertiary/aromatic N) is 2. The molecule has 1 aliphatic heterocycles. The van der Waals surface area contributed by atoms with Gasteiger partial charge in [-0.1, -0.05) is 49.6 Å². The Morgan fingerprint density at radius 3 is 2.51 bits per heavy atom. The first-order valence-corrected chi connectivity index (χ1v) is 15.6. The summed E-state index contributed by atoms with van der Waals surface area (Å²) in [6, 6.07) is 11.7. The molecule has 4 rings (SSSR count). The zero-order chi connectivity index (χ0) is 28.0. The number of rotatable bonds is 12. The highest BCUT2D eigenvalue weighted by atomic mass is 35.5. The van der Waals surface area contributed by atoms with Gasteiger partial charge in [-0.05, 0) is 49.4 Å². The van der Waals surface area contributed by atoms with Crippen LogP contribution in [-0.4, -0.2) is 56.8 Å². The van der Waals surface area contributed by atoms with Crippen molar-refractivity contribution in [3.63, 3.8) is 0 Å². The van der Waals surface area contributed by atoms with Crippen molar-refractivity contribution in [2.45, 2.75) is 70.5 Å². The molecule has 212 valence electrons. The molecule has 0 saturated heterocycles. The van der Waals surface area contributed by atoms with Gasteiger partial charge in [0.05, 0.1) is 11.9 Å². The minimum Gasteiger partial charge on any atom is -0.454 e. The maximum absolute atomic E-state index is 13.6. The number of fused-ring (bicyclic) bond motifs is 1. The molecule has 0 radical (unpaired) electrons. The molecule has 11 heteroatoms. The lowest BCUT2D eigenvalue weighted by Gasteiger charge is -2.32. The van der Waals surface area contributed by atoms with E-state index in [9.17, 15) is 18.0 Å². The second kappa shape index (κ2) is 12.9. The van der Waals surface area contributed by atoms with E-state index in [4.69, 9.17) is 21.1 Å². The average Bonchev–Trinajstić information content (AvgIpc) is 3.58. The third kappa shape index (κ3) is 7.36. The van der Waals surface area contributed by atoms with Crippen molar-refractivity contribution >= 4 is 39.1 Å². The predicted molar refractivity (Wildman–Crippen MR) is 150 cm³/mol. The van der Waals surface area contributed by atoms with Crippen LogP contribution < -0.4 is 19.1 Å². The SMILES string of the molecule is CC[C@@H](C(=O)NC1CCCC1)N(Cc1ccccc1Cl)C(=O)CCCN(c1ccc2c(c1)OCO2)S(C)(=O)=O. The zero-order valence-corrected chi connectivity index (χ0v) is 24.0. The third-order valence-electron chi connectivity index (χ3n) is 7.18. The van der Waals surface area contributed by atoms with Crippen LogP contribution in [0.15, 0.2) is 42.5 Å². The largest absolute Gasteiger partial charge is 0.454 e. The summed E-state index contributed by atoms with van der Waals surface area (Å²) >= 11 is 6.41. The summed E-state index contributed by atoms with van der Waals surface area (Å²) in [5.41, 5.74) is 1.18. The standard InChI is InChI=1S/C28H36ClN3O6S/c1-3-24(28(34)30-21-10-5-6-11-21)31(18-20-9-4-7-12-23(20)29)27(33)13-8-16-32(39(2,35)36)22-14-15-25-26(17-22)38-19-37-25/h4,7,9,12,14-15,17,21,24H,3,5-6,8,10-11,13,16,18-19H2,1-2H3,(H,30,34)/t24-/m0/s1. The maximum Gasteiger partial charge on any atom is 0.243 e. The molecule has 2 amide bonds. The first-order chi connectivity index (χ1) is 18.7. The van der Waals surface area contributed by atoms with Crippen molar-refractivity contribution in [3.8, 4) is 11.5 Å². The Morgan fingerprint density at radius 1 is 1.10 bits per heavy atom. The molecule has 0 unspecified atom stereocenters. The Labute approximate surface area is 235 Å². The highest BCUT2D eigenvalue weighted by Gasteiger charge is 2.31. The summed E-state index contributed by atoms with van der Waals surface area (Å²) in [4.78, 5) is 28.5. The fourth-order valence-electron chi connectivity index (χ4n) is 5.14. The maximum atomic E-state index is 13.6. The van der Waals surface area contributed by atoms with Gasteiger partial charge < -0.3 is 19.7 Å². The van der Waals surface area contributed by atoms with Crippen LogP contribution in [0.4, 0.5) is 5.69 Å². The fourth-order valence-corrected chi connectivity index (χ4v) is 6.29. The van der Waals surface area contributed by atoms with E-state index in [1.807, 2.05) is 25.1 Å². The van der Waals surface area contributed by atoms with Crippen molar-refractivity contribution in [2.75, 3.05) is 23.9 Å². The summed E-state index contributed by atoms with van der Waals surface area (Å²) in [5.74, 6) is 0.631. The Hall–Kier alpha value is -2.98. The lowest BCUT2D eigenvalue weighted by Crippen LogP contribution is -2.51. The van der Waals surface area contributed by atoms with Gasteiger partial charge in [0.2, 0.25) is 28.6 Å². The number of anilines is 1. The van der Waals surface area contributed by atoms with E-state index in [0.717, 1.165) is 37.5 Å². The first kappa shape index (κ1) is 29.0. The van der Waals surface area contributed by atoms with Gasteiger partial charge in [0.15, 0.2) is 11.5 Å². The van der Waals surface area contributed by atoms with Crippen molar-refractivity contribution in [1.29, 1.82) is 0 Å². The average molecular weight is 578 g/mol. The highest BCUT2D eigenvalue weighted by Crippen LogP contribution is 2.36. The van der Waals surface area contributed by atoms with Gasteiger partial charge in [-0.25, -0.2) is 8.42 Å². The topological polar surface area (TPSA) is 105 Å². The molecule has 2 aromatic carbocycles. The third-order valence-corrected chi connectivity index (χ3v) is 8.75. The molecule has 1 atom stereocenters. The van der Waals surface area contributed by atoms with Crippen LogP contribution in [0.25, 0.3) is 0 Å². The first-order valence-electron chi connectivity index (χ1n) is 13.4. The number of carbonyl (C=O) groups excluding carboxylic acids is 2. The molecule has 9 nitrogen and oxygen atoms in total. The molecule has 39 heavy (non-hydrogen) atoms. The number of hydrogen-bond donors (Lipinski definition) is 1. The minimum atomic E-state index is -3.63. The highest BCUT2D eigenvalue weighted by molar-refractivity contribution is 7.92. The molecule has 1 N–H and O–H groups in total. The number of hydrogen-bond acceptors (Lipinski definition) is 6. The lowest BCUT2D eigenvalue weighted by atomic mass is 10.1. The molecule has 0 aromatic heterocycles. The Morgan fingerprint density at radius 2 is 1.82 bits per heavy atom. The lowest BCUT2D eigenvalue weighted by molar-refractivity contribution is -0.141. The molecule has 2 aromatic rings. The van der Waals surface area contributed by atoms with E-state index in [0.29, 0.717) is 28.6 Å². The smallest absolute Gasteiger partial charge is 0.243 e. The Bertz CT molecular complexity index is 1280. The predicted octanol–water partition coefficient (Wildman–Crippen LogP) is 4.48. The summed E-state index contributed by atoms with van der Waals surface area (Å²) in [7, 11) is -3.63. The molecular formula is C28H36ClN3O6S. The fraction of sp³-hybridized carbons (Fsp3) is 0.500. The van der Waals surface area contributed by atoms with Crippen LogP contribution in [0.2, 0.25) is 5.02 Å². The van der Waals surface area contributed by atoms with E-state index in [2.05, 4.69) is 5.32 Å². The molecule has 1 fully saturated rings. The van der Waals surface area contributed by atoms with Gasteiger partial charge >= 0.3 is 0 Å². The molecule has 0 bridgehead atoms. The van der Waals surface area contributed by atoms with Crippen LogP contribution >= 0.6 is 11.6 Å². The van der Waals surface area contributed by atoms with Crippen LogP contribution in [0, 0.1) is 0 Å². The second-order valence-corrected chi connectivity index (χ2v) is 12.3.